The summed E-state index contributed by atoms with van der Waals surface area (Å²) in [5.74, 6) is 0.0569. The molecule has 0 unspecified atom stereocenters. The van der Waals surface area contributed by atoms with Crippen molar-refractivity contribution in [2.45, 2.75) is 33.6 Å². The Balaban J connectivity index is 1.54. The van der Waals surface area contributed by atoms with E-state index in [1.807, 2.05) is 11.8 Å². The van der Waals surface area contributed by atoms with Crippen LogP contribution in [-0.2, 0) is 4.74 Å². The zero-order valence-electron chi connectivity index (χ0n) is 18.7. The van der Waals surface area contributed by atoms with Gasteiger partial charge >= 0.3 is 5.97 Å². The van der Waals surface area contributed by atoms with Crippen molar-refractivity contribution in [1.29, 1.82) is 0 Å². The third-order valence-corrected chi connectivity index (χ3v) is 5.77. The first-order valence-corrected chi connectivity index (χ1v) is 10.6. The SMILES string of the molecule is Cc1cc(-n2c(C)cc(C(=O)COC(=O)c3cc([N+](=O)[O-])ccc3N3CCCC3)c2C)no1. The number of nitro benzene ring substituents is 1. The topological polar surface area (TPSA) is 121 Å². The number of ketones is 1. The van der Waals surface area contributed by atoms with Gasteiger partial charge in [-0.25, -0.2) is 4.79 Å². The molecule has 0 N–H and O–H groups in total. The van der Waals surface area contributed by atoms with Crippen LogP contribution in [0.5, 0.6) is 0 Å². The molecule has 172 valence electrons. The van der Waals surface area contributed by atoms with Crippen LogP contribution in [0.15, 0.2) is 34.9 Å². The number of Topliss-reactive ketones (excluding diaryl/α,β-unsaturated/α-hetero) is 1. The van der Waals surface area contributed by atoms with E-state index in [0.29, 0.717) is 28.5 Å². The second-order valence-corrected chi connectivity index (χ2v) is 8.07. The number of non-ortho nitro benzene ring substituents is 1. The Morgan fingerprint density at radius 1 is 1.12 bits per heavy atom. The second-order valence-electron chi connectivity index (χ2n) is 8.07. The predicted molar refractivity (Wildman–Crippen MR) is 119 cm³/mol. The van der Waals surface area contributed by atoms with Gasteiger partial charge < -0.3 is 14.2 Å². The van der Waals surface area contributed by atoms with E-state index in [2.05, 4.69) is 5.16 Å². The molecule has 1 fully saturated rings. The number of aryl methyl sites for hydroxylation is 2. The van der Waals surface area contributed by atoms with Gasteiger partial charge in [-0.3, -0.25) is 19.5 Å². The Kier molecular flexibility index (Phi) is 5.99. The third kappa shape index (κ3) is 4.36. The zero-order valence-corrected chi connectivity index (χ0v) is 18.7. The summed E-state index contributed by atoms with van der Waals surface area (Å²) < 4.78 is 12.2. The first kappa shape index (κ1) is 22.3. The molecule has 1 aliphatic heterocycles. The number of carbonyl (C=O) groups is 2. The maximum absolute atomic E-state index is 12.9. The zero-order chi connectivity index (χ0) is 23.7. The first-order chi connectivity index (χ1) is 15.8. The number of aromatic nitrogens is 2. The highest BCUT2D eigenvalue weighted by atomic mass is 16.6. The Bertz CT molecular complexity index is 1240. The van der Waals surface area contributed by atoms with Gasteiger partial charge in [0, 0.05) is 48.2 Å². The summed E-state index contributed by atoms with van der Waals surface area (Å²) in [5, 5.41) is 15.2. The van der Waals surface area contributed by atoms with Crippen molar-refractivity contribution in [2.24, 2.45) is 0 Å². The Labute approximate surface area is 189 Å². The van der Waals surface area contributed by atoms with Crippen LogP contribution < -0.4 is 4.90 Å². The summed E-state index contributed by atoms with van der Waals surface area (Å²) in [6.07, 6.45) is 1.95. The monoisotopic (exact) mass is 452 g/mol. The van der Waals surface area contributed by atoms with Crippen LogP contribution in [0.4, 0.5) is 11.4 Å². The minimum atomic E-state index is -0.769. The lowest BCUT2D eigenvalue weighted by atomic mass is 10.1. The lowest BCUT2D eigenvalue weighted by molar-refractivity contribution is -0.384. The number of ether oxygens (including phenoxy) is 1. The first-order valence-electron chi connectivity index (χ1n) is 10.6. The van der Waals surface area contributed by atoms with Gasteiger partial charge in [0.25, 0.3) is 5.69 Å². The molecule has 10 nitrogen and oxygen atoms in total. The second kappa shape index (κ2) is 8.89. The van der Waals surface area contributed by atoms with Crippen molar-refractivity contribution < 1.29 is 23.8 Å². The molecule has 0 amide bonds. The number of hydrogen-bond acceptors (Lipinski definition) is 8. The average Bonchev–Trinajstić information content (AvgIpc) is 3.52. The van der Waals surface area contributed by atoms with Crippen LogP contribution in [0.2, 0.25) is 0 Å². The lowest BCUT2D eigenvalue weighted by Gasteiger charge is -2.20. The van der Waals surface area contributed by atoms with E-state index in [0.717, 1.165) is 31.6 Å². The predicted octanol–water partition coefficient (Wildman–Crippen LogP) is 3.94. The van der Waals surface area contributed by atoms with Crippen LogP contribution in [0.3, 0.4) is 0 Å². The van der Waals surface area contributed by atoms with Gasteiger partial charge in [-0.2, -0.15) is 0 Å². The van der Waals surface area contributed by atoms with E-state index >= 15 is 0 Å². The molecular formula is C23H24N4O6. The van der Waals surface area contributed by atoms with E-state index in [4.69, 9.17) is 9.26 Å². The van der Waals surface area contributed by atoms with Crippen molar-refractivity contribution >= 4 is 23.1 Å². The van der Waals surface area contributed by atoms with Gasteiger partial charge in [-0.15, -0.1) is 0 Å². The number of esters is 1. The molecular weight excluding hydrogens is 428 g/mol. The summed E-state index contributed by atoms with van der Waals surface area (Å²) in [7, 11) is 0. The highest BCUT2D eigenvalue weighted by Crippen LogP contribution is 2.29. The van der Waals surface area contributed by atoms with Crippen molar-refractivity contribution in [3.63, 3.8) is 0 Å². The van der Waals surface area contributed by atoms with E-state index in [1.54, 1.807) is 36.6 Å². The van der Waals surface area contributed by atoms with Crippen molar-refractivity contribution in [1.82, 2.24) is 9.72 Å². The number of anilines is 1. The lowest BCUT2D eigenvalue weighted by Crippen LogP contribution is -2.22. The minimum absolute atomic E-state index is 0.0856. The minimum Gasteiger partial charge on any atom is -0.454 e. The fourth-order valence-corrected chi connectivity index (χ4v) is 4.18. The quantitative estimate of drug-likeness (QED) is 0.229. The van der Waals surface area contributed by atoms with E-state index < -0.39 is 17.5 Å². The van der Waals surface area contributed by atoms with Crippen LogP contribution in [0.1, 0.15) is 50.7 Å². The van der Waals surface area contributed by atoms with Gasteiger partial charge in [0.1, 0.15) is 5.76 Å². The molecule has 33 heavy (non-hydrogen) atoms. The highest BCUT2D eigenvalue weighted by molar-refractivity contribution is 6.02. The number of benzene rings is 1. The Morgan fingerprint density at radius 2 is 1.85 bits per heavy atom. The fraction of sp³-hybridized carbons (Fsp3) is 0.348. The fourth-order valence-electron chi connectivity index (χ4n) is 4.18. The summed E-state index contributed by atoms with van der Waals surface area (Å²) in [5.41, 5.74) is 2.29. The average molecular weight is 452 g/mol. The van der Waals surface area contributed by atoms with Crippen LogP contribution in [-0.4, -0.2) is 46.1 Å². The van der Waals surface area contributed by atoms with Gasteiger partial charge in [0.2, 0.25) is 5.78 Å². The maximum atomic E-state index is 12.9. The molecule has 1 saturated heterocycles. The van der Waals surface area contributed by atoms with Crippen LogP contribution >= 0.6 is 0 Å². The number of rotatable bonds is 7. The molecule has 0 saturated carbocycles. The molecule has 0 radical (unpaired) electrons. The molecule has 0 spiro atoms. The number of nitro groups is 1. The standard InChI is InChI=1S/C23H24N4O6/c1-14-10-18(16(3)26(14)22-11-15(2)33-24-22)21(28)13-32-23(29)19-12-17(27(30)31)6-7-20(19)25-8-4-5-9-25/h6-7,10-12H,4-5,8-9,13H2,1-3H3. The Hall–Kier alpha value is -3.95. The highest BCUT2D eigenvalue weighted by Gasteiger charge is 2.25. The van der Waals surface area contributed by atoms with E-state index in [1.165, 1.54) is 12.1 Å². The molecule has 3 aromatic rings. The van der Waals surface area contributed by atoms with Gasteiger partial charge in [0.05, 0.1) is 16.2 Å². The molecule has 0 atom stereocenters. The summed E-state index contributed by atoms with van der Waals surface area (Å²) in [4.78, 5) is 38.4. The van der Waals surface area contributed by atoms with Crippen molar-refractivity contribution in [3.05, 3.63) is 68.7 Å². The summed E-state index contributed by atoms with van der Waals surface area (Å²) in [6.45, 7) is 6.42. The van der Waals surface area contributed by atoms with E-state index in [9.17, 15) is 19.7 Å². The number of carbonyl (C=O) groups excluding carboxylic acids is 2. The molecule has 3 heterocycles. The summed E-state index contributed by atoms with van der Waals surface area (Å²) in [6, 6.07) is 7.61. The van der Waals surface area contributed by atoms with Gasteiger partial charge in [-0.1, -0.05) is 5.16 Å². The number of hydrogen-bond donors (Lipinski definition) is 0. The van der Waals surface area contributed by atoms with Gasteiger partial charge in [0.15, 0.2) is 12.4 Å². The van der Waals surface area contributed by atoms with Crippen molar-refractivity contribution in [3.8, 4) is 5.82 Å². The maximum Gasteiger partial charge on any atom is 0.340 e. The normalized spacial score (nSPS) is 13.4. The smallest absolute Gasteiger partial charge is 0.340 e. The molecule has 0 aliphatic carbocycles. The largest absolute Gasteiger partial charge is 0.454 e. The van der Waals surface area contributed by atoms with E-state index in [-0.39, 0.29) is 17.0 Å². The molecule has 1 aliphatic rings. The number of nitrogens with zero attached hydrogens (tertiary/aromatic N) is 4. The summed E-state index contributed by atoms with van der Waals surface area (Å²) >= 11 is 0. The van der Waals surface area contributed by atoms with Crippen LogP contribution in [0, 0.1) is 30.9 Å². The Morgan fingerprint density at radius 3 is 2.48 bits per heavy atom. The molecule has 4 rings (SSSR count). The van der Waals surface area contributed by atoms with Crippen molar-refractivity contribution in [2.75, 3.05) is 24.6 Å². The molecule has 0 bridgehead atoms. The van der Waals surface area contributed by atoms with Crippen LogP contribution in [0.25, 0.3) is 5.82 Å². The molecule has 10 heteroatoms. The molecule has 2 aromatic heterocycles. The van der Waals surface area contributed by atoms with Gasteiger partial charge in [-0.05, 0) is 45.7 Å². The molecule has 1 aromatic carbocycles. The third-order valence-electron chi connectivity index (χ3n) is 5.77.